The number of nitrogens with zero attached hydrogens (tertiary/aromatic N) is 6. The van der Waals surface area contributed by atoms with Crippen LogP contribution in [0.4, 0.5) is 11.5 Å². The lowest BCUT2D eigenvalue weighted by atomic mass is 10.0. The third kappa shape index (κ3) is 5.38. The van der Waals surface area contributed by atoms with Crippen molar-refractivity contribution in [2.75, 3.05) is 69.2 Å². The van der Waals surface area contributed by atoms with Gasteiger partial charge in [0.1, 0.15) is 17.7 Å². The quantitative estimate of drug-likeness (QED) is 0.529. The Morgan fingerprint density at radius 2 is 1.71 bits per heavy atom. The number of benzene rings is 2. The highest BCUT2D eigenvalue weighted by atomic mass is 16.5. The van der Waals surface area contributed by atoms with Crippen LogP contribution in [-0.2, 0) is 13.0 Å². The maximum Gasteiger partial charge on any atom is 0.318 e. The number of piperidine rings is 1. The molecular weight excluding hydrogens is 476 g/mol. The second-order valence-corrected chi connectivity index (χ2v) is 11.2. The summed E-state index contributed by atoms with van der Waals surface area (Å²) in [7, 11) is 2.18. The Morgan fingerprint density at radius 1 is 0.921 bits per heavy atom. The van der Waals surface area contributed by atoms with Crippen LogP contribution >= 0.6 is 0 Å². The van der Waals surface area contributed by atoms with E-state index in [0.717, 1.165) is 86.8 Å². The van der Waals surface area contributed by atoms with Gasteiger partial charge in [0.15, 0.2) is 0 Å². The average Bonchev–Trinajstić information content (AvgIpc) is 2.93. The summed E-state index contributed by atoms with van der Waals surface area (Å²) in [6, 6.07) is 12.5. The number of fused-ring (bicyclic) bond motifs is 2. The van der Waals surface area contributed by atoms with E-state index in [1.54, 1.807) is 0 Å². The summed E-state index contributed by atoms with van der Waals surface area (Å²) in [6.45, 7) is 10.9. The number of hydrogen-bond acceptors (Lipinski definition) is 8. The molecule has 8 nitrogen and oxygen atoms in total. The molecule has 3 aromatic rings. The third-order valence-electron chi connectivity index (χ3n) is 8.26. The molecule has 0 saturated carbocycles. The zero-order valence-electron chi connectivity index (χ0n) is 22.8. The monoisotopic (exact) mass is 516 g/mol. The van der Waals surface area contributed by atoms with Crippen molar-refractivity contribution in [1.29, 1.82) is 0 Å². The highest BCUT2D eigenvalue weighted by molar-refractivity contribution is 5.95. The Hall–Kier alpha value is -3.10. The number of piperazine rings is 1. The molecule has 8 heteroatoms. The molecule has 202 valence electrons. The van der Waals surface area contributed by atoms with E-state index >= 15 is 0 Å². The first kappa shape index (κ1) is 25.2. The van der Waals surface area contributed by atoms with Crippen LogP contribution in [-0.4, -0.2) is 90.4 Å². The van der Waals surface area contributed by atoms with Crippen molar-refractivity contribution in [3.63, 3.8) is 0 Å². The van der Waals surface area contributed by atoms with Crippen LogP contribution in [0.2, 0.25) is 0 Å². The molecular formula is C30H40N6O2. The molecule has 38 heavy (non-hydrogen) atoms. The standard InChI is InChI=1S/C30H40N6O2/c1-22(20-34-11-6-3-7-12-34)38-30-31-27-21-36(28-19-24(37)18-23-8-4-5-9-25(23)28)13-10-26(27)29(32-30)35-16-14-33(2)15-17-35/h4-5,8-9,18-19,22,37H,3,6-7,10-17,20-21H2,1-2H3/t22-/m1/s1. The number of aromatic nitrogens is 2. The lowest BCUT2D eigenvalue weighted by molar-refractivity contribution is 0.122. The first-order valence-corrected chi connectivity index (χ1v) is 14.2. The fourth-order valence-corrected chi connectivity index (χ4v) is 6.19. The first-order chi connectivity index (χ1) is 18.5. The van der Waals surface area contributed by atoms with Gasteiger partial charge < -0.3 is 24.5 Å². The molecule has 4 heterocycles. The summed E-state index contributed by atoms with van der Waals surface area (Å²) >= 11 is 0. The molecule has 1 N–H and O–H groups in total. The Bertz CT molecular complexity index is 1270. The summed E-state index contributed by atoms with van der Waals surface area (Å²) in [6.07, 6.45) is 4.77. The van der Waals surface area contributed by atoms with Crippen LogP contribution in [0.15, 0.2) is 36.4 Å². The Balaban J connectivity index is 1.30. The van der Waals surface area contributed by atoms with Gasteiger partial charge in [-0.05, 0) is 57.8 Å². The van der Waals surface area contributed by atoms with Gasteiger partial charge >= 0.3 is 6.01 Å². The van der Waals surface area contributed by atoms with Crippen molar-refractivity contribution in [2.45, 2.75) is 45.3 Å². The van der Waals surface area contributed by atoms with E-state index in [1.165, 1.54) is 24.8 Å². The van der Waals surface area contributed by atoms with E-state index in [0.29, 0.717) is 18.3 Å². The van der Waals surface area contributed by atoms with Crippen LogP contribution in [0.5, 0.6) is 11.8 Å². The number of likely N-dealkylation sites (N-methyl/N-ethyl adjacent to an activating group) is 1. The van der Waals surface area contributed by atoms with Crippen LogP contribution < -0.4 is 14.5 Å². The van der Waals surface area contributed by atoms with Gasteiger partial charge in [0.05, 0.1) is 12.2 Å². The minimum absolute atomic E-state index is 0.0289. The van der Waals surface area contributed by atoms with Crippen molar-refractivity contribution in [3.8, 4) is 11.8 Å². The average molecular weight is 517 g/mol. The fraction of sp³-hybridized carbons (Fsp3) is 0.533. The molecule has 2 aromatic carbocycles. The number of anilines is 2. The molecule has 2 saturated heterocycles. The lowest BCUT2D eigenvalue weighted by Gasteiger charge is -2.37. The van der Waals surface area contributed by atoms with Gasteiger partial charge in [0, 0.05) is 62.0 Å². The summed E-state index contributed by atoms with van der Waals surface area (Å²) < 4.78 is 6.41. The smallest absolute Gasteiger partial charge is 0.318 e. The SMILES string of the molecule is C[C@H](CN1CCCCC1)Oc1nc2c(c(N3CCN(C)CC3)n1)CCN(c1cc(O)cc3ccccc13)C2. The largest absolute Gasteiger partial charge is 0.508 e. The van der Waals surface area contributed by atoms with Crippen LogP contribution in [0.25, 0.3) is 10.8 Å². The van der Waals surface area contributed by atoms with Crippen molar-refractivity contribution in [3.05, 3.63) is 47.7 Å². The van der Waals surface area contributed by atoms with Gasteiger partial charge in [-0.25, -0.2) is 0 Å². The predicted molar refractivity (Wildman–Crippen MR) is 152 cm³/mol. The molecule has 0 bridgehead atoms. The zero-order valence-corrected chi connectivity index (χ0v) is 22.8. The maximum absolute atomic E-state index is 10.5. The first-order valence-electron chi connectivity index (χ1n) is 14.2. The number of hydrogen-bond donors (Lipinski definition) is 1. The minimum atomic E-state index is 0.0289. The molecule has 0 radical (unpaired) electrons. The van der Waals surface area contributed by atoms with E-state index in [1.807, 2.05) is 18.2 Å². The van der Waals surface area contributed by atoms with E-state index in [4.69, 9.17) is 14.7 Å². The Kier molecular flexibility index (Phi) is 7.26. The van der Waals surface area contributed by atoms with Crippen LogP contribution in [0, 0.1) is 0 Å². The van der Waals surface area contributed by atoms with Crippen molar-refractivity contribution in [1.82, 2.24) is 19.8 Å². The second kappa shape index (κ2) is 10.9. The Labute approximate surface area is 225 Å². The number of ether oxygens (including phenoxy) is 1. The molecule has 0 amide bonds. The lowest BCUT2D eigenvalue weighted by Crippen LogP contribution is -2.46. The van der Waals surface area contributed by atoms with Crippen molar-refractivity contribution in [2.24, 2.45) is 0 Å². The topological polar surface area (TPSA) is 68.2 Å². The molecule has 6 rings (SSSR count). The van der Waals surface area contributed by atoms with Crippen LogP contribution in [0.1, 0.15) is 37.4 Å². The minimum Gasteiger partial charge on any atom is -0.508 e. The number of aromatic hydroxyl groups is 1. The van der Waals surface area contributed by atoms with Crippen molar-refractivity contribution < 1.29 is 9.84 Å². The molecule has 3 aliphatic rings. The zero-order chi connectivity index (χ0) is 26.1. The number of likely N-dealkylation sites (tertiary alicyclic amines) is 1. The van der Waals surface area contributed by atoms with Gasteiger partial charge in [0.25, 0.3) is 0 Å². The van der Waals surface area contributed by atoms with Gasteiger partial charge in [-0.1, -0.05) is 30.7 Å². The molecule has 0 aliphatic carbocycles. The van der Waals surface area contributed by atoms with E-state index in [2.05, 4.69) is 51.8 Å². The molecule has 0 unspecified atom stereocenters. The third-order valence-corrected chi connectivity index (χ3v) is 8.26. The van der Waals surface area contributed by atoms with E-state index < -0.39 is 0 Å². The second-order valence-electron chi connectivity index (χ2n) is 11.2. The van der Waals surface area contributed by atoms with E-state index in [9.17, 15) is 5.11 Å². The van der Waals surface area contributed by atoms with Gasteiger partial charge in [-0.2, -0.15) is 9.97 Å². The number of phenols is 1. The highest BCUT2D eigenvalue weighted by Crippen LogP contribution is 2.36. The number of rotatable bonds is 6. The van der Waals surface area contributed by atoms with Crippen LogP contribution in [0.3, 0.4) is 0 Å². The van der Waals surface area contributed by atoms with Crippen molar-refractivity contribution >= 4 is 22.3 Å². The molecule has 2 fully saturated rings. The predicted octanol–water partition coefficient (Wildman–Crippen LogP) is 3.90. The normalized spacial score (nSPS) is 19.9. The van der Waals surface area contributed by atoms with Gasteiger partial charge in [-0.3, -0.25) is 4.90 Å². The summed E-state index contributed by atoms with van der Waals surface area (Å²) in [4.78, 5) is 19.7. The number of phenolic OH excluding ortho intramolecular Hbond substituents is 1. The summed E-state index contributed by atoms with van der Waals surface area (Å²) in [5.74, 6) is 1.34. The van der Waals surface area contributed by atoms with Gasteiger partial charge in [0.2, 0.25) is 0 Å². The fourth-order valence-electron chi connectivity index (χ4n) is 6.19. The Morgan fingerprint density at radius 3 is 2.53 bits per heavy atom. The molecule has 0 spiro atoms. The van der Waals surface area contributed by atoms with E-state index in [-0.39, 0.29) is 6.10 Å². The molecule has 1 aromatic heterocycles. The summed E-state index contributed by atoms with van der Waals surface area (Å²) in [5, 5.41) is 12.7. The molecule has 1 atom stereocenters. The summed E-state index contributed by atoms with van der Waals surface area (Å²) in [5.41, 5.74) is 3.33. The van der Waals surface area contributed by atoms with Gasteiger partial charge in [-0.15, -0.1) is 0 Å². The maximum atomic E-state index is 10.5. The molecule has 3 aliphatic heterocycles. The highest BCUT2D eigenvalue weighted by Gasteiger charge is 2.28.